The summed E-state index contributed by atoms with van der Waals surface area (Å²) < 4.78 is 40.6. The van der Waals surface area contributed by atoms with E-state index in [1.54, 1.807) is 12.3 Å². The SMILES string of the molecule is CSc1ncc(Br)c(C(=O)N[C@H]2CC[C@@H](Nc3cc(C(F)(F)F)nc4ccc(Cl)cc34)CC2)n1. The third-order valence-corrected chi connectivity index (χ3v) is 6.98. The van der Waals surface area contributed by atoms with E-state index in [1.165, 1.54) is 23.9 Å². The molecule has 6 nitrogen and oxygen atoms in total. The number of amides is 1. The monoisotopic (exact) mass is 573 g/mol. The quantitative estimate of drug-likeness (QED) is 0.274. The molecule has 0 atom stereocenters. The highest BCUT2D eigenvalue weighted by Gasteiger charge is 2.34. The van der Waals surface area contributed by atoms with Crippen molar-refractivity contribution in [3.8, 4) is 0 Å². The number of nitrogens with one attached hydrogen (secondary N) is 2. The molecule has 0 saturated heterocycles. The highest BCUT2D eigenvalue weighted by atomic mass is 79.9. The lowest BCUT2D eigenvalue weighted by Crippen LogP contribution is -2.40. The van der Waals surface area contributed by atoms with E-state index in [4.69, 9.17) is 11.6 Å². The van der Waals surface area contributed by atoms with E-state index in [0.717, 1.165) is 6.07 Å². The van der Waals surface area contributed by atoms with Crippen LogP contribution in [0.1, 0.15) is 41.9 Å². The minimum Gasteiger partial charge on any atom is -0.382 e. The number of fused-ring (bicyclic) bond motifs is 1. The van der Waals surface area contributed by atoms with Gasteiger partial charge in [-0.3, -0.25) is 4.79 Å². The van der Waals surface area contributed by atoms with Gasteiger partial charge in [0.05, 0.1) is 9.99 Å². The molecule has 4 rings (SSSR count). The van der Waals surface area contributed by atoms with Crippen LogP contribution in [0.2, 0.25) is 5.02 Å². The summed E-state index contributed by atoms with van der Waals surface area (Å²) in [5.41, 5.74) is -0.102. The summed E-state index contributed by atoms with van der Waals surface area (Å²) in [5.74, 6) is -0.287. The fraction of sp³-hybridized carbons (Fsp3) is 0.364. The number of carbonyl (C=O) groups excluding carboxylic acids is 1. The Morgan fingerprint density at radius 3 is 2.53 bits per heavy atom. The summed E-state index contributed by atoms with van der Waals surface area (Å²) in [7, 11) is 0. The second-order valence-corrected chi connectivity index (χ2v) is 10.00. The number of halogens is 5. The van der Waals surface area contributed by atoms with Crippen molar-refractivity contribution in [3.05, 3.63) is 51.3 Å². The first kappa shape index (κ1) is 25.0. The maximum absolute atomic E-state index is 13.4. The molecule has 0 bridgehead atoms. The number of thioether (sulfide) groups is 1. The number of hydrogen-bond acceptors (Lipinski definition) is 6. The zero-order valence-electron chi connectivity index (χ0n) is 17.9. The molecule has 1 amide bonds. The highest BCUT2D eigenvalue weighted by molar-refractivity contribution is 9.10. The van der Waals surface area contributed by atoms with Crippen LogP contribution in [0.15, 0.2) is 40.1 Å². The van der Waals surface area contributed by atoms with E-state index in [0.29, 0.717) is 51.4 Å². The molecule has 0 aliphatic heterocycles. The fourth-order valence-electron chi connectivity index (χ4n) is 3.93. The van der Waals surface area contributed by atoms with Crippen LogP contribution >= 0.6 is 39.3 Å². The maximum Gasteiger partial charge on any atom is 0.433 e. The summed E-state index contributed by atoms with van der Waals surface area (Å²) in [5, 5.41) is 7.72. The number of hydrogen-bond donors (Lipinski definition) is 2. The standard InChI is InChI=1S/C22H20BrClF3N5OS/c1-34-21-28-10-15(23)19(32-21)20(33)30-13-5-3-12(4-6-13)29-17-9-18(22(25,26)27)31-16-7-2-11(24)8-14(16)17/h2,7-10,12-13H,3-6H2,1H3,(H,29,31)(H,30,33)/t12-,13+. The van der Waals surface area contributed by atoms with E-state index >= 15 is 0 Å². The van der Waals surface area contributed by atoms with Gasteiger partial charge in [0.1, 0.15) is 11.4 Å². The molecule has 1 aliphatic carbocycles. The van der Waals surface area contributed by atoms with Gasteiger partial charge in [0.15, 0.2) is 5.16 Å². The Labute approximate surface area is 211 Å². The van der Waals surface area contributed by atoms with Crippen molar-refractivity contribution in [2.24, 2.45) is 0 Å². The van der Waals surface area contributed by atoms with Gasteiger partial charge in [-0.25, -0.2) is 15.0 Å². The second kappa shape index (κ2) is 10.2. The summed E-state index contributed by atoms with van der Waals surface area (Å²) in [6, 6.07) is 5.54. The second-order valence-electron chi connectivity index (χ2n) is 7.93. The Hall–Kier alpha value is -2.11. The van der Waals surface area contributed by atoms with Gasteiger partial charge < -0.3 is 10.6 Å². The van der Waals surface area contributed by atoms with E-state index in [9.17, 15) is 18.0 Å². The topological polar surface area (TPSA) is 79.8 Å². The molecule has 0 spiro atoms. The molecule has 12 heteroatoms. The van der Waals surface area contributed by atoms with Crippen molar-refractivity contribution in [1.82, 2.24) is 20.3 Å². The summed E-state index contributed by atoms with van der Waals surface area (Å²) in [6.45, 7) is 0. The molecule has 1 aromatic carbocycles. The first-order valence-electron chi connectivity index (χ1n) is 10.5. The fourth-order valence-corrected chi connectivity index (χ4v) is 4.81. The van der Waals surface area contributed by atoms with Crippen LogP contribution in [0.3, 0.4) is 0 Å². The van der Waals surface area contributed by atoms with Crippen molar-refractivity contribution in [1.29, 1.82) is 0 Å². The Balaban J connectivity index is 1.44. The van der Waals surface area contributed by atoms with Gasteiger partial charge in [0.2, 0.25) is 0 Å². The molecule has 2 heterocycles. The number of carbonyl (C=O) groups is 1. The van der Waals surface area contributed by atoms with Gasteiger partial charge in [-0.1, -0.05) is 23.4 Å². The Bertz CT molecular complexity index is 1220. The average Bonchev–Trinajstić information content (AvgIpc) is 2.80. The van der Waals surface area contributed by atoms with Crippen molar-refractivity contribution in [2.75, 3.05) is 11.6 Å². The van der Waals surface area contributed by atoms with E-state index in [2.05, 4.69) is 41.5 Å². The molecule has 0 radical (unpaired) electrons. The van der Waals surface area contributed by atoms with E-state index < -0.39 is 11.9 Å². The number of alkyl halides is 3. The van der Waals surface area contributed by atoms with Crippen LogP contribution < -0.4 is 10.6 Å². The van der Waals surface area contributed by atoms with Gasteiger partial charge >= 0.3 is 6.18 Å². The number of aromatic nitrogens is 3. The molecule has 34 heavy (non-hydrogen) atoms. The largest absolute Gasteiger partial charge is 0.433 e. The maximum atomic E-state index is 13.4. The number of benzene rings is 1. The third-order valence-electron chi connectivity index (χ3n) is 5.60. The highest BCUT2D eigenvalue weighted by Crippen LogP contribution is 2.35. The van der Waals surface area contributed by atoms with Crippen LogP contribution in [0.25, 0.3) is 10.9 Å². The van der Waals surface area contributed by atoms with Crippen LogP contribution in [0, 0.1) is 0 Å². The first-order valence-corrected chi connectivity index (χ1v) is 12.8. The van der Waals surface area contributed by atoms with E-state index in [-0.39, 0.29) is 29.2 Å². The predicted molar refractivity (Wildman–Crippen MR) is 130 cm³/mol. The number of rotatable bonds is 5. The molecule has 1 saturated carbocycles. The number of pyridine rings is 1. The summed E-state index contributed by atoms with van der Waals surface area (Å²) >= 11 is 10.7. The minimum absolute atomic E-state index is 0.0484. The van der Waals surface area contributed by atoms with Crippen molar-refractivity contribution >= 4 is 61.8 Å². The number of nitrogens with zero attached hydrogens (tertiary/aromatic N) is 3. The molecule has 1 aliphatic rings. The number of anilines is 1. The Morgan fingerprint density at radius 1 is 1.15 bits per heavy atom. The van der Waals surface area contributed by atoms with Crippen LogP contribution in [-0.2, 0) is 6.18 Å². The molecule has 3 aromatic rings. The van der Waals surface area contributed by atoms with Crippen LogP contribution in [-0.4, -0.2) is 39.2 Å². The Morgan fingerprint density at radius 2 is 1.85 bits per heavy atom. The van der Waals surface area contributed by atoms with Crippen LogP contribution in [0.5, 0.6) is 0 Å². The van der Waals surface area contributed by atoms with Gasteiger partial charge in [-0.2, -0.15) is 13.2 Å². The van der Waals surface area contributed by atoms with Gasteiger partial charge in [0, 0.05) is 34.4 Å². The van der Waals surface area contributed by atoms with Crippen molar-refractivity contribution in [2.45, 2.75) is 49.1 Å². The molecular weight excluding hydrogens is 555 g/mol. The van der Waals surface area contributed by atoms with E-state index in [1.807, 2.05) is 6.26 Å². The van der Waals surface area contributed by atoms with Gasteiger partial charge in [-0.05, 0) is 72.1 Å². The molecule has 2 aromatic heterocycles. The van der Waals surface area contributed by atoms with Crippen molar-refractivity contribution in [3.63, 3.8) is 0 Å². The average molecular weight is 575 g/mol. The predicted octanol–water partition coefficient (Wildman–Crippen LogP) is 6.33. The summed E-state index contributed by atoms with van der Waals surface area (Å²) in [6.07, 6.45) is 1.54. The smallest absolute Gasteiger partial charge is 0.382 e. The summed E-state index contributed by atoms with van der Waals surface area (Å²) in [4.78, 5) is 24.8. The lowest BCUT2D eigenvalue weighted by molar-refractivity contribution is -0.140. The minimum atomic E-state index is -4.56. The Kier molecular flexibility index (Phi) is 7.54. The molecule has 2 N–H and O–H groups in total. The zero-order chi connectivity index (χ0) is 24.5. The lowest BCUT2D eigenvalue weighted by Gasteiger charge is -2.30. The van der Waals surface area contributed by atoms with Crippen molar-refractivity contribution < 1.29 is 18.0 Å². The molecular formula is C22H20BrClF3N5OS. The zero-order valence-corrected chi connectivity index (χ0v) is 21.1. The molecule has 180 valence electrons. The van der Waals surface area contributed by atoms with Gasteiger partial charge in [-0.15, -0.1) is 0 Å². The third kappa shape index (κ3) is 5.75. The first-order chi connectivity index (χ1) is 16.1. The van der Waals surface area contributed by atoms with Crippen LogP contribution in [0.4, 0.5) is 18.9 Å². The normalized spacial score (nSPS) is 18.6. The molecule has 1 fully saturated rings. The molecule has 0 unspecified atom stereocenters. The van der Waals surface area contributed by atoms with Gasteiger partial charge in [0.25, 0.3) is 5.91 Å². The lowest BCUT2D eigenvalue weighted by atomic mass is 9.90.